The molecule has 1 fully saturated rings. The summed E-state index contributed by atoms with van der Waals surface area (Å²) in [5.74, 6) is 0.936. The SMILES string of the molecule is COCOc1c(C)cc(C(C)(C)C)cc1Pc1ccccc1C=NN1CCCCC1. The molecule has 0 saturated carbocycles. The molecule has 0 aliphatic carbocycles. The average Bonchev–Trinajstić information content (AvgIpc) is 2.72. The summed E-state index contributed by atoms with van der Waals surface area (Å²) in [4.78, 5) is 0. The van der Waals surface area contributed by atoms with Gasteiger partial charge in [-0.3, -0.25) is 5.01 Å². The normalized spacial score (nSPS) is 15.4. The Kier molecular flexibility index (Phi) is 7.91. The molecule has 30 heavy (non-hydrogen) atoms. The van der Waals surface area contributed by atoms with E-state index in [0.717, 1.165) is 24.4 Å². The van der Waals surface area contributed by atoms with Gasteiger partial charge in [0.05, 0.1) is 6.21 Å². The van der Waals surface area contributed by atoms with Crippen LogP contribution in [0.1, 0.15) is 56.7 Å². The molecule has 5 heteroatoms. The minimum atomic E-state index is 0.0824. The lowest BCUT2D eigenvalue weighted by Crippen LogP contribution is -2.25. The Hall–Kier alpha value is -1.90. The van der Waals surface area contributed by atoms with Gasteiger partial charge in [0.15, 0.2) is 6.79 Å². The third-order valence-corrected chi connectivity index (χ3v) is 6.75. The fourth-order valence-electron chi connectivity index (χ4n) is 3.61. The maximum atomic E-state index is 5.99. The number of rotatable bonds is 7. The molecule has 0 aromatic heterocycles. The number of piperidine rings is 1. The molecule has 162 valence electrons. The summed E-state index contributed by atoms with van der Waals surface area (Å²) >= 11 is 0. The van der Waals surface area contributed by atoms with Crippen LogP contribution < -0.4 is 15.3 Å². The zero-order valence-corrected chi connectivity index (χ0v) is 20.0. The minimum absolute atomic E-state index is 0.0824. The van der Waals surface area contributed by atoms with Gasteiger partial charge in [-0.2, -0.15) is 5.10 Å². The zero-order chi connectivity index (χ0) is 21.6. The van der Waals surface area contributed by atoms with Crippen molar-refractivity contribution in [2.24, 2.45) is 5.10 Å². The van der Waals surface area contributed by atoms with E-state index >= 15 is 0 Å². The molecule has 2 aromatic rings. The van der Waals surface area contributed by atoms with Gasteiger partial charge in [0.25, 0.3) is 0 Å². The topological polar surface area (TPSA) is 34.1 Å². The first-order chi connectivity index (χ1) is 14.4. The van der Waals surface area contributed by atoms with Crippen molar-refractivity contribution in [3.8, 4) is 5.75 Å². The van der Waals surface area contributed by atoms with Crippen LogP contribution in [0.3, 0.4) is 0 Å². The highest BCUT2D eigenvalue weighted by Gasteiger charge is 2.19. The zero-order valence-electron chi connectivity index (χ0n) is 19.0. The van der Waals surface area contributed by atoms with Crippen molar-refractivity contribution in [3.05, 3.63) is 53.1 Å². The minimum Gasteiger partial charge on any atom is -0.467 e. The van der Waals surface area contributed by atoms with Gasteiger partial charge in [0.1, 0.15) is 5.75 Å². The molecule has 1 heterocycles. The number of aryl methyl sites for hydroxylation is 1. The van der Waals surface area contributed by atoms with Crippen LogP contribution in [0.2, 0.25) is 0 Å². The lowest BCUT2D eigenvalue weighted by molar-refractivity contribution is 0.0514. The molecular weight excluding hydrogens is 391 g/mol. The van der Waals surface area contributed by atoms with E-state index in [1.165, 1.54) is 41.0 Å². The van der Waals surface area contributed by atoms with Crippen LogP contribution in [0.15, 0.2) is 41.5 Å². The van der Waals surface area contributed by atoms with E-state index < -0.39 is 0 Å². The summed E-state index contributed by atoms with van der Waals surface area (Å²) in [6.45, 7) is 11.3. The number of benzene rings is 2. The van der Waals surface area contributed by atoms with Gasteiger partial charge >= 0.3 is 0 Å². The van der Waals surface area contributed by atoms with Crippen LogP contribution in [0.5, 0.6) is 5.75 Å². The molecule has 1 saturated heterocycles. The van der Waals surface area contributed by atoms with E-state index in [9.17, 15) is 0 Å². The first kappa shape index (κ1) is 22.8. The van der Waals surface area contributed by atoms with E-state index in [-0.39, 0.29) is 12.2 Å². The van der Waals surface area contributed by atoms with Gasteiger partial charge < -0.3 is 9.47 Å². The molecule has 1 unspecified atom stereocenters. The quantitative estimate of drug-likeness (QED) is 0.365. The maximum absolute atomic E-state index is 5.99. The molecule has 0 amide bonds. The number of ether oxygens (including phenoxy) is 2. The smallest absolute Gasteiger partial charge is 0.188 e. The van der Waals surface area contributed by atoms with E-state index in [2.05, 4.69) is 69.1 Å². The maximum Gasteiger partial charge on any atom is 0.188 e. The Morgan fingerprint density at radius 1 is 1.07 bits per heavy atom. The molecule has 1 aliphatic heterocycles. The predicted octanol–water partition coefficient (Wildman–Crippen LogP) is 4.72. The Morgan fingerprint density at radius 2 is 1.80 bits per heavy atom. The molecule has 0 spiro atoms. The van der Waals surface area contributed by atoms with Gasteiger partial charge in [-0.05, 0) is 54.1 Å². The van der Waals surface area contributed by atoms with Gasteiger partial charge in [-0.1, -0.05) is 59.7 Å². The number of methoxy groups -OCH3 is 1. The second kappa shape index (κ2) is 10.4. The van der Waals surface area contributed by atoms with Crippen LogP contribution in [0, 0.1) is 6.92 Å². The molecule has 3 rings (SSSR count). The van der Waals surface area contributed by atoms with E-state index in [4.69, 9.17) is 14.6 Å². The van der Waals surface area contributed by atoms with Crippen LogP contribution in [0.25, 0.3) is 0 Å². The molecule has 0 N–H and O–H groups in total. The Labute approximate surface area is 183 Å². The van der Waals surface area contributed by atoms with Crippen molar-refractivity contribution >= 4 is 25.4 Å². The van der Waals surface area contributed by atoms with Crippen molar-refractivity contribution in [2.75, 3.05) is 27.0 Å². The van der Waals surface area contributed by atoms with Crippen LogP contribution in [0.4, 0.5) is 0 Å². The second-order valence-electron chi connectivity index (χ2n) is 8.94. The number of hydrogen-bond donors (Lipinski definition) is 0. The number of hydrazone groups is 1. The molecule has 0 radical (unpaired) electrons. The number of hydrogen-bond acceptors (Lipinski definition) is 4. The Bertz CT molecular complexity index is 868. The lowest BCUT2D eigenvalue weighted by atomic mass is 9.86. The monoisotopic (exact) mass is 426 g/mol. The van der Waals surface area contributed by atoms with Crippen LogP contribution >= 0.6 is 8.58 Å². The molecule has 0 bridgehead atoms. The summed E-state index contributed by atoms with van der Waals surface area (Å²) in [5.41, 5.74) is 3.74. The van der Waals surface area contributed by atoms with Crippen molar-refractivity contribution in [1.29, 1.82) is 0 Å². The Morgan fingerprint density at radius 3 is 2.50 bits per heavy atom. The standard InChI is InChI=1S/C25H35N2O2P/c1-19-15-21(25(2,3)4)16-23(24(19)29-18-28-5)30-22-12-8-7-11-20(22)17-26-27-13-9-6-10-14-27/h7-8,11-12,15-17,30H,6,9-10,13-14,18H2,1-5H3. The van der Waals surface area contributed by atoms with Crippen molar-refractivity contribution in [2.45, 2.75) is 52.4 Å². The predicted molar refractivity (Wildman–Crippen MR) is 129 cm³/mol. The molecule has 4 nitrogen and oxygen atoms in total. The summed E-state index contributed by atoms with van der Waals surface area (Å²) < 4.78 is 11.2. The Balaban J connectivity index is 1.93. The highest BCUT2D eigenvalue weighted by atomic mass is 31.1. The average molecular weight is 427 g/mol. The van der Waals surface area contributed by atoms with Crippen molar-refractivity contribution in [3.63, 3.8) is 0 Å². The van der Waals surface area contributed by atoms with Crippen molar-refractivity contribution in [1.82, 2.24) is 5.01 Å². The van der Waals surface area contributed by atoms with E-state index in [0.29, 0.717) is 8.58 Å². The molecule has 1 atom stereocenters. The largest absolute Gasteiger partial charge is 0.467 e. The van der Waals surface area contributed by atoms with E-state index in [1.54, 1.807) is 7.11 Å². The molecule has 1 aliphatic rings. The van der Waals surface area contributed by atoms with E-state index in [1.807, 2.05) is 6.21 Å². The fraction of sp³-hybridized carbons (Fsp3) is 0.480. The van der Waals surface area contributed by atoms with Gasteiger partial charge in [-0.25, -0.2) is 0 Å². The number of nitrogens with zero attached hydrogens (tertiary/aromatic N) is 2. The van der Waals surface area contributed by atoms with Crippen LogP contribution in [-0.4, -0.2) is 38.2 Å². The first-order valence-electron chi connectivity index (χ1n) is 10.8. The van der Waals surface area contributed by atoms with Crippen LogP contribution in [-0.2, 0) is 10.2 Å². The first-order valence-corrected chi connectivity index (χ1v) is 11.8. The third kappa shape index (κ3) is 6.06. The van der Waals surface area contributed by atoms with Crippen molar-refractivity contribution < 1.29 is 9.47 Å². The third-order valence-electron chi connectivity index (χ3n) is 5.38. The highest BCUT2D eigenvalue weighted by Crippen LogP contribution is 2.31. The highest BCUT2D eigenvalue weighted by molar-refractivity contribution is 7.56. The van der Waals surface area contributed by atoms with Gasteiger partial charge in [0, 0.05) is 31.1 Å². The second-order valence-corrected chi connectivity index (χ2v) is 10.3. The molecular formula is C25H35N2O2P. The fourth-order valence-corrected chi connectivity index (χ4v) is 4.99. The van der Waals surface area contributed by atoms with Gasteiger partial charge in [-0.15, -0.1) is 0 Å². The molecule has 2 aromatic carbocycles. The summed E-state index contributed by atoms with van der Waals surface area (Å²) in [5, 5.41) is 9.46. The lowest BCUT2D eigenvalue weighted by Gasteiger charge is -2.24. The summed E-state index contributed by atoms with van der Waals surface area (Å²) in [6, 6.07) is 13.1. The van der Waals surface area contributed by atoms with Gasteiger partial charge in [0.2, 0.25) is 0 Å². The summed E-state index contributed by atoms with van der Waals surface area (Å²) in [6.07, 6.45) is 5.82. The summed E-state index contributed by atoms with van der Waals surface area (Å²) in [7, 11) is 2.15.